The number of carbonyl (C=O) groups excluding carboxylic acids is 2. The molecule has 0 atom stereocenters. The lowest BCUT2D eigenvalue weighted by molar-refractivity contribution is -0.114. The Morgan fingerprint density at radius 1 is 0.871 bits per heavy atom. The molecule has 1 saturated heterocycles. The average Bonchev–Trinajstić information content (AvgIpc) is 3.60. The number of hydrazone groups is 1. The maximum atomic E-state index is 13.2. The average molecular weight is 415 g/mol. The molecule has 0 spiro atoms. The van der Waals surface area contributed by atoms with Gasteiger partial charge in [-0.15, -0.1) is 0 Å². The molecule has 1 aliphatic carbocycles. The van der Waals surface area contributed by atoms with E-state index >= 15 is 0 Å². The SMILES string of the molecule is CN1CCN(c2ccc(/C=C3\C(=O)N(c4ccc(C=O)cc4)N=C3C3CC3)cc2)CC1. The predicted octanol–water partition coefficient (Wildman–Crippen LogP) is 3.45. The zero-order valence-electron chi connectivity index (χ0n) is 17.7. The summed E-state index contributed by atoms with van der Waals surface area (Å²) >= 11 is 0. The zero-order chi connectivity index (χ0) is 21.4. The molecule has 0 unspecified atom stereocenters. The van der Waals surface area contributed by atoms with E-state index in [9.17, 15) is 9.59 Å². The first kappa shape index (κ1) is 19.7. The summed E-state index contributed by atoms with van der Waals surface area (Å²) in [5.41, 5.74) is 5.05. The van der Waals surface area contributed by atoms with E-state index in [0.29, 0.717) is 22.7 Å². The van der Waals surface area contributed by atoms with Crippen molar-refractivity contribution in [3.63, 3.8) is 0 Å². The number of anilines is 2. The van der Waals surface area contributed by atoms with Gasteiger partial charge in [-0.1, -0.05) is 12.1 Å². The lowest BCUT2D eigenvalue weighted by atomic mass is 10.0. The second-order valence-electron chi connectivity index (χ2n) is 8.53. The summed E-state index contributed by atoms with van der Waals surface area (Å²) in [5.74, 6) is 0.253. The molecule has 2 aromatic rings. The van der Waals surface area contributed by atoms with E-state index in [2.05, 4.69) is 46.2 Å². The van der Waals surface area contributed by atoms with Crippen molar-refractivity contribution in [3.05, 3.63) is 65.2 Å². The Hall–Kier alpha value is -3.25. The number of carbonyl (C=O) groups is 2. The minimum Gasteiger partial charge on any atom is -0.369 e. The molecule has 2 fully saturated rings. The lowest BCUT2D eigenvalue weighted by Gasteiger charge is -2.34. The third-order valence-corrected chi connectivity index (χ3v) is 6.22. The van der Waals surface area contributed by atoms with Gasteiger partial charge in [-0.05, 0) is 67.9 Å². The van der Waals surface area contributed by atoms with Gasteiger partial charge in [0.1, 0.15) is 6.29 Å². The smallest absolute Gasteiger partial charge is 0.280 e. The first-order valence-electron chi connectivity index (χ1n) is 10.9. The van der Waals surface area contributed by atoms with Crippen LogP contribution < -0.4 is 9.91 Å². The van der Waals surface area contributed by atoms with Crippen LogP contribution in [-0.4, -0.2) is 56.0 Å². The summed E-state index contributed by atoms with van der Waals surface area (Å²) in [6, 6.07) is 15.4. The van der Waals surface area contributed by atoms with Crippen LogP contribution in [0.1, 0.15) is 28.8 Å². The normalized spacial score (nSPS) is 21.0. The molecule has 0 bridgehead atoms. The molecule has 2 heterocycles. The number of hydrogen-bond acceptors (Lipinski definition) is 5. The fourth-order valence-corrected chi connectivity index (χ4v) is 4.11. The summed E-state index contributed by atoms with van der Waals surface area (Å²) in [6.07, 6.45) is 4.91. The Kier molecular flexibility index (Phi) is 5.16. The third-order valence-electron chi connectivity index (χ3n) is 6.22. The molecule has 0 aromatic heterocycles. The number of likely N-dealkylation sites (N-methyl/N-ethyl adjacent to an activating group) is 1. The minimum atomic E-state index is -0.108. The number of nitrogens with zero attached hydrogens (tertiary/aromatic N) is 4. The van der Waals surface area contributed by atoms with E-state index in [4.69, 9.17) is 0 Å². The van der Waals surface area contributed by atoms with Crippen LogP contribution in [0.2, 0.25) is 0 Å². The van der Waals surface area contributed by atoms with Gasteiger partial charge in [-0.25, -0.2) is 0 Å². The van der Waals surface area contributed by atoms with Gasteiger partial charge in [0.05, 0.1) is 17.0 Å². The summed E-state index contributed by atoms with van der Waals surface area (Å²) in [5, 5.41) is 6.13. The van der Waals surface area contributed by atoms with Crippen molar-refractivity contribution < 1.29 is 9.59 Å². The molecule has 0 radical (unpaired) electrons. The minimum absolute atomic E-state index is 0.108. The van der Waals surface area contributed by atoms with Crippen molar-refractivity contribution in [1.29, 1.82) is 0 Å². The van der Waals surface area contributed by atoms with Crippen LogP contribution in [0, 0.1) is 5.92 Å². The van der Waals surface area contributed by atoms with Gasteiger partial charge in [-0.3, -0.25) is 9.59 Å². The first-order chi connectivity index (χ1) is 15.1. The summed E-state index contributed by atoms with van der Waals surface area (Å²) in [6.45, 7) is 4.22. The summed E-state index contributed by atoms with van der Waals surface area (Å²) < 4.78 is 0. The largest absolute Gasteiger partial charge is 0.369 e. The van der Waals surface area contributed by atoms with Crippen LogP contribution >= 0.6 is 0 Å². The molecular weight excluding hydrogens is 388 g/mol. The molecular formula is C25H26N4O2. The quantitative estimate of drug-likeness (QED) is 0.556. The van der Waals surface area contributed by atoms with Crippen LogP contribution in [0.25, 0.3) is 6.08 Å². The molecule has 158 valence electrons. The van der Waals surface area contributed by atoms with Crippen molar-refractivity contribution >= 4 is 35.4 Å². The van der Waals surface area contributed by atoms with E-state index in [-0.39, 0.29) is 5.91 Å². The van der Waals surface area contributed by atoms with Crippen LogP contribution in [0.4, 0.5) is 11.4 Å². The van der Waals surface area contributed by atoms with E-state index < -0.39 is 0 Å². The number of aldehydes is 1. The van der Waals surface area contributed by atoms with Gasteiger partial charge < -0.3 is 9.80 Å². The van der Waals surface area contributed by atoms with Crippen molar-refractivity contribution in [2.45, 2.75) is 12.8 Å². The predicted molar refractivity (Wildman–Crippen MR) is 124 cm³/mol. The number of benzene rings is 2. The van der Waals surface area contributed by atoms with Gasteiger partial charge in [0.15, 0.2) is 0 Å². The molecule has 3 aliphatic rings. The summed E-state index contributed by atoms with van der Waals surface area (Å²) in [7, 11) is 2.16. The van der Waals surface area contributed by atoms with Gasteiger partial charge in [0.25, 0.3) is 5.91 Å². The van der Waals surface area contributed by atoms with Crippen LogP contribution in [0.3, 0.4) is 0 Å². The van der Waals surface area contributed by atoms with Gasteiger partial charge in [0, 0.05) is 43.3 Å². The maximum Gasteiger partial charge on any atom is 0.280 e. The molecule has 31 heavy (non-hydrogen) atoms. The fourth-order valence-electron chi connectivity index (χ4n) is 4.11. The van der Waals surface area contributed by atoms with Crippen LogP contribution in [0.15, 0.2) is 59.2 Å². The van der Waals surface area contributed by atoms with Crippen LogP contribution in [-0.2, 0) is 4.79 Å². The van der Waals surface area contributed by atoms with E-state index in [1.54, 1.807) is 24.3 Å². The fraction of sp³-hybridized carbons (Fsp3) is 0.320. The Bertz CT molecular complexity index is 1040. The highest BCUT2D eigenvalue weighted by Crippen LogP contribution is 2.38. The molecule has 2 aromatic carbocycles. The van der Waals surface area contributed by atoms with Gasteiger partial charge >= 0.3 is 0 Å². The van der Waals surface area contributed by atoms with Crippen molar-refractivity contribution in [2.75, 3.05) is 43.1 Å². The lowest BCUT2D eigenvalue weighted by Crippen LogP contribution is -2.44. The zero-order valence-corrected chi connectivity index (χ0v) is 17.7. The highest BCUT2D eigenvalue weighted by molar-refractivity contribution is 6.33. The van der Waals surface area contributed by atoms with Crippen molar-refractivity contribution in [2.24, 2.45) is 11.0 Å². The standard InChI is InChI=1S/C25H26N4O2/c1-27-12-14-28(15-13-27)21-8-2-18(3-9-21)16-23-24(20-6-7-20)26-29(25(23)31)22-10-4-19(17-30)5-11-22/h2-5,8-11,16-17,20H,6-7,12-15H2,1H3/b23-16-. The van der Waals surface area contributed by atoms with Crippen molar-refractivity contribution in [3.8, 4) is 0 Å². The molecule has 6 heteroatoms. The van der Waals surface area contributed by atoms with E-state index in [0.717, 1.165) is 56.6 Å². The van der Waals surface area contributed by atoms with E-state index in [1.807, 2.05) is 6.08 Å². The van der Waals surface area contributed by atoms with E-state index in [1.165, 1.54) is 10.7 Å². The Morgan fingerprint density at radius 2 is 1.48 bits per heavy atom. The van der Waals surface area contributed by atoms with Crippen molar-refractivity contribution in [1.82, 2.24) is 4.90 Å². The van der Waals surface area contributed by atoms with Gasteiger partial charge in [0.2, 0.25) is 0 Å². The van der Waals surface area contributed by atoms with Crippen LogP contribution in [0.5, 0.6) is 0 Å². The molecule has 6 nitrogen and oxygen atoms in total. The second kappa shape index (κ2) is 8.12. The highest BCUT2D eigenvalue weighted by Gasteiger charge is 2.39. The maximum absolute atomic E-state index is 13.2. The highest BCUT2D eigenvalue weighted by atomic mass is 16.2. The molecule has 1 amide bonds. The Labute approximate surface area is 182 Å². The number of amides is 1. The Morgan fingerprint density at radius 3 is 2.10 bits per heavy atom. The number of piperazine rings is 1. The molecule has 1 saturated carbocycles. The Balaban J connectivity index is 1.39. The first-order valence-corrected chi connectivity index (χ1v) is 10.9. The summed E-state index contributed by atoms with van der Waals surface area (Å²) in [4.78, 5) is 28.9. The second-order valence-corrected chi connectivity index (χ2v) is 8.53. The molecule has 5 rings (SSSR count). The molecule has 2 aliphatic heterocycles. The third kappa shape index (κ3) is 4.03. The monoisotopic (exact) mass is 414 g/mol. The number of hydrogen-bond donors (Lipinski definition) is 0. The van der Waals surface area contributed by atoms with Gasteiger partial charge in [-0.2, -0.15) is 10.1 Å². The molecule has 0 N–H and O–H groups in total. The topological polar surface area (TPSA) is 56.2 Å². The number of rotatable bonds is 5.